The van der Waals surface area contributed by atoms with Crippen molar-refractivity contribution in [2.75, 3.05) is 19.1 Å². The number of hydrogen-bond donors (Lipinski definition) is 0. The molecule has 128 valence electrons. The highest BCUT2D eigenvalue weighted by Gasteiger charge is 2.09. The maximum atomic E-state index is 5.28. The van der Waals surface area contributed by atoms with E-state index in [1.807, 2.05) is 36.2 Å². The molecule has 0 unspecified atom stereocenters. The molecule has 3 rings (SSSR count). The fraction of sp³-hybridized carbons (Fsp3) is 0.250. The van der Waals surface area contributed by atoms with Gasteiger partial charge in [0.25, 0.3) is 0 Å². The third-order valence-electron chi connectivity index (χ3n) is 4.11. The van der Waals surface area contributed by atoms with Crippen molar-refractivity contribution in [1.29, 1.82) is 0 Å². The second-order valence-electron chi connectivity index (χ2n) is 5.90. The van der Waals surface area contributed by atoms with E-state index in [2.05, 4.69) is 46.4 Å². The van der Waals surface area contributed by atoms with Crippen LogP contribution < -0.4 is 9.64 Å². The number of aryl methyl sites for hydroxylation is 1. The monoisotopic (exact) mass is 334 g/mol. The van der Waals surface area contributed by atoms with Gasteiger partial charge < -0.3 is 9.64 Å². The van der Waals surface area contributed by atoms with Crippen LogP contribution in [0.1, 0.15) is 18.1 Å². The third kappa shape index (κ3) is 4.12. The van der Waals surface area contributed by atoms with Gasteiger partial charge >= 0.3 is 0 Å². The molecule has 0 saturated heterocycles. The summed E-state index contributed by atoms with van der Waals surface area (Å²) in [6.45, 7) is 2.89. The minimum Gasteiger partial charge on any atom is -0.497 e. The largest absolute Gasteiger partial charge is 0.497 e. The Morgan fingerprint density at radius 2 is 1.80 bits per heavy atom. The molecule has 5 heteroatoms. The van der Waals surface area contributed by atoms with Crippen LogP contribution in [0.15, 0.2) is 54.7 Å². The number of aromatic nitrogens is 3. The summed E-state index contributed by atoms with van der Waals surface area (Å²) < 4.78 is 5.28. The van der Waals surface area contributed by atoms with Gasteiger partial charge in [0.15, 0.2) is 0 Å². The normalized spacial score (nSPS) is 10.5. The van der Waals surface area contributed by atoms with Crippen LogP contribution in [0.2, 0.25) is 0 Å². The van der Waals surface area contributed by atoms with E-state index in [1.165, 1.54) is 11.1 Å². The lowest BCUT2D eigenvalue weighted by Crippen LogP contribution is -2.19. The van der Waals surface area contributed by atoms with E-state index in [-0.39, 0.29) is 0 Å². The quantitative estimate of drug-likeness (QED) is 0.687. The Morgan fingerprint density at radius 1 is 1.04 bits per heavy atom. The number of hydrogen-bond acceptors (Lipinski definition) is 5. The number of benzene rings is 2. The maximum Gasteiger partial charge on any atom is 0.245 e. The Balaban J connectivity index is 1.79. The van der Waals surface area contributed by atoms with Gasteiger partial charge in [-0.05, 0) is 29.7 Å². The van der Waals surface area contributed by atoms with Crippen LogP contribution in [-0.4, -0.2) is 29.3 Å². The van der Waals surface area contributed by atoms with E-state index < -0.39 is 0 Å². The molecule has 0 bridgehead atoms. The summed E-state index contributed by atoms with van der Waals surface area (Å²) in [5.41, 5.74) is 4.28. The topological polar surface area (TPSA) is 51.1 Å². The minimum atomic E-state index is 0.597. The van der Waals surface area contributed by atoms with Crippen LogP contribution >= 0.6 is 0 Å². The Hall–Kier alpha value is -2.95. The highest BCUT2D eigenvalue weighted by atomic mass is 16.5. The highest BCUT2D eigenvalue weighted by Crippen LogP contribution is 2.22. The van der Waals surface area contributed by atoms with E-state index in [1.54, 1.807) is 13.3 Å². The molecule has 0 saturated carbocycles. The van der Waals surface area contributed by atoms with E-state index in [9.17, 15) is 0 Å². The van der Waals surface area contributed by atoms with Crippen molar-refractivity contribution in [3.63, 3.8) is 0 Å². The summed E-state index contributed by atoms with van der Waals surface area (Å²) in [6.07, 6.45) is 2.72. The first kappa shape index (κ1) is 16.9. The molecule has 0 radical (unpaired) electrons. The van der Waals surface area contributed by atoms with Crippen LogP contribution in [0.3, 0.4) is 0 Å². The maximum absolute atomic E-state index is 5.28. The summed E-state index contributed by atoms with van der Waals surface area (Å²) in [6, 6.07) is 16.4. The van der Waals surface area contributed by atoms with E-state index in [0.717, 1.165) is 30.0 Å². The first-order valence-electron chi connectivity index (χ1n) is 8.32. The van der Waals surface area contributed by atoms with Crippen LogP contribution in [0.25, 0.3) is 11.3 Å². The Morgan fingerprint density at radius 3 is 2.52 bits per heavy atom. The van der Waals surface area contributed by atoms with Crippen LogP contribution in [0.4, 0.5) is 5.95 Å². The van der Waals surface area contributed by atoms with E-state index >= 15 is 0 Å². The SMILES string of the molecule is CCc1ccc(CN(C)c2nncc(-c3cccc(OC)c3)n2)cc1. The van der Waals surface area contributed by atoms with Crippen molar-refractivity contribution in [3.8, 4) is 17.0 Å². The van der Waals surface area contributed by atoms with Gasteiger partial charge in [-0.25, -0.2) is 4.98 Å². The second kappa shape index (κ2) is 7.75. The molecule has 0 N–H and O–H groups in total. The van der Waals surface area contributed by atoms with Gasteiger partial charge in [-0.3, -0.25) is 0 Å². The molecule has 25 heavy (non-hydrogen) atoms. The fourth-order valence-electron chi connectivity index (χ4n) is 2.60. The molecule has 0 atom stereocenters. The lowest BCUT2D eigenvalue weighted by molar-refractivity contribution is 0.415. The summed E-state index contributed by atoms with van der Waals surface area (Å²) in [7, 11) is 3.63. The highest BCUT2D eigenvalue weighted by molar-refractivity contribution is 5.61. The molecule has 0 aliphatic rings. The number of methoxy groups -OCH3 is 1. The molecule has 3 aromatic rings. The first-order valence-corrected chi connectivity index (χ1v) is 8.32. The van der Waals surface area contributed by atoms with Crippen molar-refractivity contribution < 1.29 is 4.74 Å². The van der Waals surface area contributed by atoms with Crippen molar-refractivity contribution in [2.24, 2.45) is 0 Å². The molecule has 0 aliphatic heterocycles. The van der Waals surface area contributed by atoms with Crippen LogP contribution in [0, 0.1) is 0 Å². The first-order chi connectivity index (χ1) is 12.2. The standard InChI is InChI=1S/C20H22N4O/c1-4-15-8-10-16(11-9-15)14-24(2)20-22-19(13-21-23-20)17-6-5-7-18(12-17)25-3/h5-13H,4,14H2,1-3H3. The van der Waals surface area contributed by atoms with Gasteiger partial charge in [0.2, 0.25) is 5.95 Å². The summed E-state index contributed by atoms with van der Waals surface area (Å²) in [5, 5.41) is 8.28. The van der Waals surface area contributed by atoms with Crippen LogP contribution in [-0.2, 0) is 13.0 Å². The van der Waals surface area contributed by atoms with E-state index in [4.69, 9.17) is 4.74 Å². The Kier molecular flexibility index (Phi) is 5.23. The average molecular weight is 334 g/mol. The van der Waals surface area contributed by atoms with Crippen molar-refractivity contribution >= 4 is 5.95 Å². The second-order valence-corrected chi connectivity index (χ2v) is 5.90. The Labute approximate surface area is 148 Å². The lowest BCUT2D eigenvalue weighted by atomic mass is 10.1. The molecule has 2 aromatic carbocycles. The zero-order chi connectivity index (χ0) is 17.6. The van der Waals surface area contributed by atoms with Gasteiger partial charge in [0.1, 0.15) is 5.75 Å². The van der Waals surface area contributed by atoms with Gasteiger partial charge in [-0.15, -0.1) is 5.10 Å². The average Bonchev–Trinajstić information content (AvgIpc) is 2.68. The molecule has 5 nitrogen and oxygen atoms in total. The predicted molar refractivity (Wildman–Crippen MR) is 99.7 cm³/mol. The third-order valence-corrected chi connectivity index (χ3v) is 4.11. The lowest BCUT2D eigenvalue weighted by Gasteiger charge is -2.17. The number of rotatable bonds is 6. The summed E-state index contributed by atoms with van der Waals surface area (Å²) >= 11 is 0. The predicted octanol–water partition coefficient (Wildman–Crippen LogP) is 3.75. The van der Waals surface area contributed by atoms with Crippen LogP contribution in [0.5, 0.6) is 5.75 Å². The number of nitrogens with zero attached hydrogens (tertiary/aromatic N) is 4. The smallest absolute Gasteiger partial charge is 0.245 e. The molecule has 0 fully saturated rings. The molecule has 0 aliphatic carbocycles. The summed E-state index contributed by atoms with van der Waals surface area (Å²) in [5.74, 6) is 1.39. The molecular weight excluding hydrogens is 312 g/mol. The summed E-state index contributed by atoms with van der Waals surface area (Å²) in [4.78, 5) is 6.64. The van der Waals surface area contributed by atoms with Gasteiger partial charge in [-0.2, -0.15) is 5.10 Å². The minimum absolute atomic E-state index is 0.597. The van der Waals surface area contributed by atoms with Crippen molar-refractivity contribution in [3.05, 3.63) is 65.9 Å². The number of anilines is 1. The molecule has 0 amide bonds. The van der Waals surface area contributed by atoms with E-state index in [0.29, 0.717) is 5.95 Å². The zero-order valence-corrected chi connectivity index (χ0v) is 14.8. The fourth-order valence-corrected chi connectivity index (χ4v) is 2.60. The van der Waals surface area contributed by atoms with Gasteiger partial charge in [-0.1, -0.05) is 43.3 Å². The zero-order valence-electron chi connectivity index (χ0n) is 14.8. The van der Waals surface area contributed by atoms with Crippen molar-refractivity contribution in [1.82, 2.24) is 15.2 Å². The van der Waals surface area contributed by atoms with Crippen molar-refractivity contribution in [2.45, 2.75) is 19.9 Å². The molecular formula is C20H22N4O. The molecule has 1 aromatic heterocycles. The number of ether oxygens (including phenoxy) is 1. The van der Waals surface area contributed by atoms with Gasteiger partial charge in [0.05, 0.1) is 19.0 Å². The Bertz CT molecular complexity index is 833. The van der Waals surface area contributed by atoms with Gasteiger partial charge in [0, 0.05) is 19.2 Å². The molecule has 0 spiro atoms. The molecule has 1 heterocycles.